The minimum Gasteiger partial charge on any atom is -0.304 e. The Morgan fingerprint density at radius 1 is 1.05 bits per heavy atom. The van der Waals surface area contributed by atoms with E-state index in [9.17, 15) is 0 Å². The van der Waals surface area contributed by atoms with Gasteiger partial charge in [-0.3, -0.25) is 4.90 Å². The van der Waals surface area contributed by atoms with Crippen molar-refractivity contribution in [2.24, 2.45) is 0 Å². The SMILES string of the molecule is CC(c1nnnn1C1CCCCC1)N1CCN(C)CC1. The number of aromatic nitrogens is 4. The molecule has 2 heterocycles. The van der Waals surface area contributed by atoms with Crippen LogP contribution in [0.5, 0.6) is 0 Å². The smallest absolute Gasteiger partial charge is 0.168 e. The summed E-state index contributed by atoms with van der Waals surface area (Å²) in [6.07, 6.45) is 6.45. The van der Waals surface area contributed by atoms with Crippen LogP contribution in [0.2, 0.25) is 0 Å². The average molecular weight is 278 g/mol. The van der Waals surface area contributed by atoms with Gasteiger partial charge in [0.2, 0.25) is 0 Å². The quantitative estimate of drug-likeness (QED) is 0.838. The molecular weight excluding hydrogens is 252 g/mol. The van der Waals surface area contributed by atoms with Crippen molar-refractivity contribution in [3.05, 3.63) is 5.82 Å². The fourth-order valence-corrected chi connectivity index (χ4v) is 3.43. The van der Waals surface area contributed by atoms with Crippen LogP contribution in [0.3, 0.4) is 0 Å². The van der Waals surface area contributed by atoms with Gasteiger partial charge in [-0.1, -0.05) is 19.3 Å². The Balaban J connectivity index is 1.71. The summed E-state index contributed by atoms with van der Waals surface area (Å²) in [5.41, 5.74) is 0. The first-order valence-corrected chi connectivity index (χ1v) is 7.96. The number of rotatable bonds is 3. The number of likely N-dealkylation sites (N-methyl/N-ethyl adjacent to an activating group) is 1. The van der Waals surface area contributed by atoms with E-state index in [0.29, 0.717) is 12.1 Å². The van der Waals surface area contributed by atoms with Gasteiger partial charge in [-0.2, -0.15) is 0 Å². The Labute approximate surface area is 121 Å². The van der Waals surface area contributed by atoms with Crippen molar-refractivity contribution in [2.45, 2.75) is 51.1 Å². The zero-order valence-electron chi connectivity index (χ0n) is 12.7. The normalized spacial score (nSPS) is 24.9. The van der Waals surface area contributed by atoms with Crippen LogP contribution in [-0.4, -0.2) is 63.2 Å². The van der Waals surface area contributed by atoms with E-state index in [4.69, 9.17) is 0 Å². The van der Waals surface area contributed by atoms with Gasteiger partial charge >= 0.3 is 0 Å². The van der Waals surface area contributed by atoms with Crippen molar-refractivity contribution in [1.82, 2.24) is 30.0 Å². The van der Waals surface area contributed by atoms with Crippen molar-refractivity contribution in [3.63, 3.8) is 0 Å². The van der Waals surface area contributed by atoms with Gasteiger partial charge in [0.1, 0.15) is 0 Å². The fourth-order valence-electron chi connectivity index (χ4n) is 3.43. The van der Waals surface area contributed by atoms with Gasteiger partial charge in [0.15, 0.2) is 5.82 Å². The van der Waals surface area contributed by atoms with Crippen LogP contribution < -0.4 is 0 Å². The molecule has 0 radical (unpaired) electrons. The van der Waals surface area contributed by atoms with Gasteiger partial charge in [0.25, 0.3) is 0 Å². The van der Waals surface area contributed by atoms with Crippen LogP contribution in [0.4, 0.5) is 0 Å². The first kappa shape index (κ1) is 13.9. The maximum absolute atomic E-state index is 4.33. The predicted octanol–water partition coefficient (Wildman–Crippen LogP) is 1.49. The molecule has 1 aromatic rings. The van der Waals surface area contributed by atoms with E-state index in [0.717, 1.165) is 32.0 Å². The Morgan fingerprint density at radius 2 is 1.75 bits per heavy atom. The summed E-state index contributed by atoms with van der Waals surface area (Å²) in [6, 6.07) is 0.837. The molecule has 1 atom stereocenters. The minimum atomic E-state index is 0.320. The van der Waals surface area contributed by atoms with Gasteiger partial charge in [-0.15, -0.1) is 5.10 Å². The molecule has 1 aliphatic carbocycles. The van der Waals surface area contributed by atoms with E-state index in [2.05, 4.69) is 44.0 Å². The summed E-state index contributed by atoms with van der Waals surface area (Å²) in [5.74, 6) is 1.06. The highest BCUT2D eigenvalue weighted by molar-refractivity contribution is 4.95. The Hall–Kier alpha value is -1.01. The molecule has 1 aliphatic heterocycles. The van der Waals surface area contributed by atoms with Crippen LogP contribution >= 0.6 is 0 Å². The first-order chi connectivity index (χ1) is 9.75. The first-order valence-electron chi connectivity index (χ1n) is 7.96. The van der Waals surface area contributed by atoms with Crippen molar-refractivity contribution < 1.29 is 0 Å². The third kappa shape index (κ3) is 2.86. The lowest BCUT2D eigenvalue weighted by Crippen LogP contribution is -2.45. The minimum absolute atomic E-state index is 0.320. The Kier molecular flexibility index (Phi) is 4.31. The molecule has 0 aromatic carbocycles. The summed E-state index contributed by atoms with van der Waals surface area (Å²) in [4.78, 5) is 4.89. The lowest BCUT2D eigenvalue weighted by Gasteiger charge is -2.36. The molecule has 2 fully saturated rings. The predicted molar refractivity (Wildman–Crippen MR) is 77.4 cm³/mol. The Bertz CT molecular complexity index is 417. The second kappa shape index (κ2) is 6.18. The molecule has 20 heavy (non-hydrogen) atoms. The monoisotopic (exact) mass is 278 g/mol. The molecule has 0 amide bonds. The van der Waals surface area contributed by atoms with Gasteiger partial charge in [-0.05, 0) is 37.2 Å². The summed E-state index contributed by atoms with van der Waals surface area (Å²) in [6.45, 7) is 6.73. The van der Waals surface area contributed by atoms with Crippen LogP contribution in [0, 0.1) is 0 Å². The number of tetrazole rings is 1. The molecule has 0 spiro atoms. The highest BCUT2D eigenvalue weighted by Crippen LogP contribution is 2.30. The maximum atomic E-state index is 4.33. The van der Waals surface area contributed by atoms with E-state index < -0.39 is 0 Å². The van der Waals surface area contributed by atoms with Crippen molar-refractivity contribution >= 4 is 0 Å². The van der Waals surface area contributed by atoms with Crippen LogP contribution in [0.25, 0.3) is 0 Å². The van der Waals surface area contributed by atoms with E-state index in [1.165, 1.54) is 32.1 Å². The summed E-state index contributed by atoms with van der Waals surface area (Å²) in [5, 5.41) is 12.6. The molecule has 0 bridgehead atoms. The number of hydrogen-bond donors (Lipinski definition) is 0. The van der Waals surface area contributed by atoms with E-state index in [-0.39, 0.29) is 0 Å². The zero-order chi connectivity index (χ0) is 13.9. The van der Waals surface area contributed by atoms with Gasteiger partial charge < -0.3 is 4.90 Å². The van der Waals surface area contributed by atoms with Crippen molar-refractivity contribution in [1.29, 1.82) is 0 Å². The zero-order valence-corrected chi connectivity index (χ0v) is 12.7. The highest BCUT2D eigenvalue weighted by atomic mass is 15.6. The molecule has 6 nitrogen and oxygen atoms in total. The standard InChI is InChI=1S/C14H26N6/c1-12(19-10-8-18(2)9-11-19)14-15-16-17-20(14)13-6-4-3-5-7-13/h12-13H,3-11H2,1-2H3. The highest BCUT2D eigenvalue weighted by Gasteiger charge is 2.27. The molecular formula is C14H26N6. The third-order valence-corrected chi connectivity index (χ3v) is 4.90. The molecule has 3 rings (SSSR count). The molecule has 1 saturated heterocycles. The molecule has 6 heteroatoms. The fraction of sp³-hybridized carbons (Fsp3) is 0.929. The topological polar surface area (TPSA) is 50.1 Å². The lowest BCUT2D eigenvalue weighted by atomic mass is 9.95. The van der Waals surface area contributed by atoms with Gasteiger partial charge in [0.05, 0.1) is 12.1 Å². The molecule has 1 aromatic heterocycles. The summed E-state index contributed by atoms with van der Waals surface area (Å²) < 4.78 is 2.11. The average Bonchev–Trinajstić information content (AvgIpc) is 2.97. The summed E-state index contributed by atoms with van der Waals surface area (Å²) >= 11 is 0. The largest absolute Gasteiger partial charge is 0.304 e. The third-order valence-electron chi connectivity index (χ3n) is 4.90. The van der Waals surface area contributed by atoms with Crippen LogP contribution in [0.1, 0.15) is 56.9 Å². The Morgan fingerprint density at radius 3 is 2.45 bits per heavy atom. The molecule has 0 N–H and O–H groups in total. The second-order valence-corrected chi connectivity index (χ2v) is 6.29. The van der Waals surface area contributed by atoms with Gasteiger partial charge in [-0.25, -0.2) is 4.68 Å². The number of nitrogens with zero attached hydrogens (tertiary/aromatic N) is 6. The molecule has 112 valence electrons. The molecule has 1 unspecified atom stereocenters. The summed E-state index contributed by atoms with van der Waals surface area (Å²) in [7, 11) is 2.19. The van der Waals surface area contributed by atoms with E-state index in [1.807, 2.05) is 0 Å². The number of hydrogen-bond acceptors (Lipinski definition) is 5. The molecule has 1 saturated carbocycles. The van der Waals surface area contributed by atoms with Crippen molar-refractivity contribution in [3.8, 4) is 0 Å². The second-order valence-electron chi connectivity index (χ2n) is 6.29. The van der Waals surface area contributed by atoms with Crippen molar-refractivity contribution in [2.75, 3.05) is 33.2 Å². The van der Waals surface area contributed by atoms with Crippen LogP contribution in [0.15, 0.2) is 0 Å². The number of piperazine rings is 1. The van der Waals surface area contributed by atoms with E-state index in [1.54, 1.807) is 0 Å². The van der Waals surface area contributed by atoms with Crippen LogP contribution in [-0.2, 0) is 0 Å². The molecule has 2 aliphatic rings. The lowest BCUT2D eigenvalue weighted by molar-refractivity contribution is 0.111. The maximum Gasteiger partial charge on any atom is 0.168 e. The van der Waals surface area contributed by atoms with Gasteiger partial charge in [0, 0.05) is 26.2 Å². The van der Waals surface area contributed by atoms with E-state index >= 15 is 0 Å².